The van der Waals surface area contributed by atoms with Gasteiger partial charge in [0.05, 0.1) is 32.0 Å². The van der Waals surface area contributed by atoms with Crippen molar-refractivity contribution in [3.8, 4) is 5.75 Å². The van der Waals surface area contributed by atoms with Gasteiger partial charge in [-0.1, -0.05) is 36.4 Å². The Kier molecular flexibility index (Phi) is 20.8. The number of carboxylic acids is 1. The molecule has 0 spiro atoms. The smallest absolute Gasteiger partial charge is 0.305 e. The fourth-order valence-electron chi connectivity index (χ4n) is 10.6. The number of amides is 9. The zero-order chi connectivity index (χ0) is 61.6. The summed E-state index contributed by atoms with van der Waals surface area (Å²) in [6.07, 6.45) is 7.24. The first-order valence-electron chi connectivity index (χ1n) is 27.8. The van der Waals surface area contributed by atoms with E-state index in [1.54, 1.807) is 18.2 Å². The molecule has 2 aromatic heterocycles. The lowest BCUT2D eigenvalue weighted by Crippen LogP contribution is -2.60. The van der Waals surface area contributed by atoms with E-state index in [0.29, 0.717) is 58.0 Å². The van der Waals surface area contributed by atoms with Crippen molar-refractivity contribution in [1.82, 2.24) is 57.1 Å². The number of H-pyrrole nitrogens is 2. The molecule has 0 radical (unpaired) electrons. The second kappa shape index (κ2) is 28.7. The Morgan fingerprint density at radius 3 is 2.15 bits per heavy atom. The number of carbonyl (C=O) groups is 10. The summed E-state index contributed by atoms with van der Waals surface area (Å²) in [7, 11) is 0. The Morgan fingerprint density at radius 2 is 1.45 bits per heavy atom. The number of rotatable bonds is 12. The minimum absolute atomic E-state index is 0.0135. The fourth-order valence-corrected chi connectivity index (χ4v) is 10.6. The highest BCUT2D eigenvalue weighted by atomic mass is 19.1. The molecular formula is C59H66F2N12O13. The van der Waals surface area contributed by atoms with E-state index in [-0.39, 0.29) is 56.7 Å². The van der Waals surface area contributed by atoms with Gasteiger partial charge in [0.15, 0.2) is 0 Å². The number of aromatic amines is 2. The highest BCUT2D eigenvalue weighted by molar-refractivity contribution is 6.00. The summed E-state index contributed by atoms with van der Waals surface area (Å²) in [6.45, 7) is 0.356. The van der Waals surface area contributed by atoms with Gasteiger partial charge in [0.25, 0.3) is 0 Å². The summed E-state index contributed by atoms with van der Waals surface area (Å²) in [5, 5.41) is 38.5. The van der Waals surface area contributed by atoms with Gasteiger partial charge in [-0.2, -0.15) is 0 Å². The van der Waals surface area contributed by atoms with Gasteiger partial charge < -0.3 is 72.8 Å². The molecule has 454 valence electrons. The summed E-state index contributed by atoms with van der Waals surface area (Å²) in [4.78, 5) is 150. The van der Waals surface area contributed by atoms with Gasteiger partial charge in [0.1, 0.15) is 59.7 Å². The second-order valence-electron chi connectivity index (χ2n) is 21.2. The lowest BCUT2D eigenvalue weighted by Gasteiger charge is -2.30. The standard InChI is InChI=1S/C59H66F2N12O13/c1-31(74)67-44-6-4-2-3-5-17-86-40-24-50(53(62)79)73(29-40)59(85)49(18-32-7-14-39(75)15-8-32)72-57(83)47(23-38-27-63-30-66-38)70-58(84)48(25-52(77)78)71-56(82)46(19-34-10-9-33-11-12-36(60)21-41(33)34)69-55(81)45(68-51(76)28-65-54(44)80)20-35-26-64-43-16-13-37(61)22-42(35)43/h3,5,7-8,10-16,21-22,26-27,30,40,44-50,64,75H,2,4,6,9,17-20,23-25,28-29H2,1H3,(H2,62,79)(H,63,66)(H,65,80)(H,67,74)(H,68,76)(H,69,81)(H,70,84)(H,71,82)(H,72,83)(H,77,78)/b5-3+/t40-,44+,45-,46-,47-,48-,49-,50-/m0/s1. The van der Waals surface area contributed by atoms with Crippen LogP contribution in [0, 0.1) is 11.6 Å². The third-order valence-electron chi connectivity index (χ3n) is 14.9. The van der Waals surface area contributed by atoms with Gasteiger partial charge >= 0.3 is 5.97 Å². The van der Waals surface area contributed by atoms with Crippen LogP contribution in [0.3, 0.4) is 0 Å². The zero-order valence-electron chi connectivity index (χ0n) is 46.7. The van der Waals surface area contributed by atoms with Crippen LogP contribution >= 0.6 is 0 Å². The number of halogens is 2. The SMILES string of the molecule is CC(=O)N[C@@H]1CCC/C=C/CO[C@H]2C[C@@H](C(N)=O)N(C2)C(=O)[C@H](Cc2ccc(O)cc2)NC(=O)[C@H](Cc2cnc[nH]2)NC(=O)[C@H](CC(=O)O)NC(=O)[C@H](CC2=CCc3ccc(F)cc32)NC(=O)[C@H](Cc2c[nH]c3ccc(F)cc23)NC(=O)CNC1=O. The van der Waals surface area contributed by atoms with Crippen LogP contribution in [0.4, 0.5) is 8.78 Å². The van der Waals surface area contributed by atoms with Crippen molar-refractivity contribution in [3.63, 3.8) is 0 Å². The first-order chi connectivity index (χ1) is 41.2. The molecule has 86 heavy (non-hydrogen) atoms. The van der Waals surface area contributed by atoms with E-state index >= 15 is 0 Å². The van der Waals surface area contributed by atoms with Gasteiger partial charge in [0, 0.05) is 74.6 Å². The molecule has 2 aliphatic heterocycles. The van der Waals surface area contributed by atoms with Gasteiger partial charge in [0.2, 0.25) is 53.2 Å². The average molecular weight is 1190 g/mol. The van der Waals surface area contributed by atoms with Crippen LogP contribution in [0.5, 0.6) is 5.75 Å². The van der Waals surface area contributed by atoms with Crippen LogP contribution in [0.25, 0.3) is 16.5 Å². The molecule has 8 rings (SSSR count). The summed E-state index contributed by atoms with van der Waals surface area (Å²) in [6, 6.07) is 2.83. The molecule has 2 bridgehead atoms. The van der Waals surface area contributed by atoms with Crippen molar-refractivity contribution >= 4 is 75.6 Å². The number of phenols is 1. The molecule has 1 aliphatic carbocycles. The Morgan fingerprint density at radius 1 is 0.779 bits per heavy atom. The van der Waals surface area contributed by atoms with E-state index in [4.69, 9.17) is 10.5 Å². The van der Waals surface area contributed by atoms with Gasteiger partial charge in [-0.15, -0.1) is 0 Å². The number of allylic oxidation sites excluding steroid dienone is 2. The molecule has 0 unspecified atom stereocenters. The molecule has 25 nitrogen and oxygen atoms in total. The quantitative estimate of drug-likeness (QED) is 0.0765. The minimum Gasteiger partial charge on any atom is -0.508 e. The highest BCUT2D eigenvalue weighted by Gasteiger charge is 2.43. The predicted molar refractivity (Wildman–Crippen MR) is 303 cm³/mol. The van der Waals surface area contributed by atoms with E-state index in [9.17, 15) is 66.9 Å². The van der Waals surface area contributed by atoms with Crippen molar-refractivity contribution in [2.24, 2.45) is 5.73 Å². The van der Waals surface area contributed by atoms with E-state index in [0.717, 1.165) is 0 Å². The Hall–Kier alpha value is -9.79. The molecule has 27 heteroatoms. The molecule has 1 fully saturated rings. The first kappa shape index (κ1) is 62.3. The zero-order valence-corrected chi connectivity index (χ0v) is 46.7. The van der Waals surface area contributed by atoms with Crippen molar-refractivity contribution < 1.29 is 71.7 Å². The number of carbonyl (C=O) groups excluding carboxylic acids is 9. The fraction of sp³-hybridized carbons (Fsp3) is 0.373. The number of aromatic nitrogens is 3. The maximum atomic E-state index is 14.9. The number of hydrogen-bond acceptors (Lipinski definition) is 13. The number of phenolic OH excluding ortho intramolecular Hbond substituents is 1. The van der Waals surface area contributed by atoms with Crippen molar-refractivity contribution in [2.45, 2.75) is 120 Å². The normalized spacial score (nSPS) is 23.8. The number of imidazole rings is 1. The summed E-state index contributed by atoms with van der Waals surface area (Å²) in [5.41, 5.74) is 8.79. The summed E-state index contributed by atoms with van der Waals surface area (Å²) in [5.74, 6) is -11.2. The molecule has 1 saturated heterocycles. The lowest BCUT2D eigenvalue weighted by atomic mass is 9.97. The molecular weight excluding hydrogens is 1120 g/mol. The molecule has 13 N–H and O–H groups in total. The number of ether oxygens (including phenoxy) is 1. The average Bonchev–Trinajstić information content (AvgIpc) is 4.37. The molecule has 0 saturated carbocycles. The third-order valence-corrected chi connectivity index (χ3v) is 14.9. The number of carboxylic acid groups (broad SMARTS) is 1. The van der Waals surface area contributed by atoms with E-state index in [1.807, 2.05) is 0 Å². The number of hydrogen-bond donors (Lipinski definition) is 12. The Labute approximate surface area is 490 Å². The topological polar surface area (TPSA) is 378 Å². The van der Waals surface area contributed by atoms with Crippen LogP contribution in [-0.2, 0) is 78.4 Å². The number of primary amides is 1. The van der Waals surface area contributed by atoms with Crippen LogP contribution in [0.15, 0.2) is 97.6 Å². The molecule has 8 atom stereocenters. The molecule has 5 aromatic rings. The highest BCUT2D eigenvalue weighted by Crippen LogP contribution is 2.32. The van der Waals surface area contributed by atoms with E-state index < -0.39 is 139 Å². The lowest BCUT2D eigenvalue weighted by molar-refractivity contribution is -0.142. The van der Waals surface area contributed by atoms with Crippen LogP contribution in [0.1, 0.15) is 73.4 Å². The largest absolute Gasteiger partial charge is 0.508 e. The minimum atomic E-state index is -2.00. The van der Waals surface area contributed by atoms with Gasteiger partial charge in [-0.25, -0.2) is 13.8 Å². The molecule has 3 aliphatic rings. The van der Waals surface area contributed by atoms with Gasteiger partial charge in [-0.05, 0) is 96.0 Å². The van der Waals surface area contributed by atoms with Crippen LogP contribution < -0.4 is 43.0 Å². The van der Waals surface area contributed by atoms with Crippen molar-refractivity contribution in [1.29, 1.82) is 0 Å². The summed E-state index contributed by atoms with van der Waals surface area (Å²) < 4.78 is 35.6. The number of aromatic hydroxyl groups is 1. The number of nitrogens with zero attached hydrogens (tertiary/aromatic N) is 2. The van der Waals surface area contributed by atoms with Gasteiger partial charge in [-0.3, -0.25) is 47.9 Å². The molecule has 3 aromatic carbocycles. The maximum absolute atomic E-state index is 14.9. The summed E-state index contributed by atoms with van der Waals surface area (Å²) >= 11 is 0. The van der Waals surface area contributed by atoms with E-state index in [1.165, 1.54) is 91.2 Å². The van der Waals surface area contributed by atoms with Crippen LogP contribution in [-0.4, -0.2) is 157 Å². The second-order valence-corrected chi connectivity index (χ2v) is 21.2. The number of benzene rings is 3. The Bertz CT molecular complexity index is 3430. The maximum Gasteiger partial charge on any atom is 0.305 e. The van der Waals surface area contributed by atoms with E-state index in [2.05, 4.69) is 52.2 Å². The predicted octanol–water partition coefficient (Wildman–Crippen LogP) is 0.664. The first-order valence-corrected chi connectivity index (χ1v) is 27.8. The van der Waals surface area contributed by atoms with Crippen LogP contribution in [0.2, 0.25) is 0 Å². The number of nitrogens with one attached hydrogen (secondary N) is 9. The monoisotopic (exact) mass is 1190 g/mol. The number of fused-ring (bicyclic) bond motifs is 4. The van der Waals surface area contributed by atoms with Crippen molar-refractivity contribution in [3.05, 3.63) is 137 Å². The molecule has 9 amide bonds. The van der Waals surface area contributed by atoms with Crippen molar-refractivity contribution in [2.75, 3.05) is 19.7 Å². The Balaban J connectivity index is 1.15. The molecule has 4 heterocycles. The third kappa shape index (κ3) is 16.7. The number of aliphatic carboxylic acids is 1. The number of nitrogens with two attached hydrogens (primary N) is 1.